The Labute approximate surface area is 90.1 Å². The summed E-state index contributed by atoms with van der Waals surface area (Å²) < 4.78 is 2.59. The van der Waals surface area contributed by atoms with E-state index < -0.39 is 0 Å². The number of aromatic nitrogens is 1. The number of nitrogens with one attached hydrogen (secondary N) is 1. The van der Waals surface area contributed by atoms with E-state index in [1.54, 1.807) is 0 Å². The van der Waals surface area contributed by atoms with Crippen LogP contribution in [0.15, 0.2) is 18.3 Å². The van der Waals surface area contributed by atoms with Gasteiger partial charge in [0.15, 0.2) is 0 Å². The van der Waals surface area contributed by atoms with E-state index in [-0.39, 0.29) is 0 Å². The van der Waals surface area contributed by atoms with E-state index in [1.165, 1.54) is 11.4 Å². The van der Waals surface area contributed by atoms with Crippen molar-refractivity contribution in [2.45, 2.75) is 31.2 Å². The molecule has 1 unspecified atom stereocenters. The van der Waals surface area contributed by atoms with Crippen LogP contribution in [-0.4, -0.2) is 21.1 Å². The fourth-order valence-corrected chi connectivity index (χ4v) is 2.91. The summed E-state index contributed by atoms with van der Waals surface area (Å²) >= 11 is 2.04. The lowest BCUT2D eigenvalue weighted by Crippen LogP contribution is -2.54. The highest BCUT2D eigenvalue weighted by Crippen LogP contribution is 2.39. The zero-order chi connectivity index (χ0) is 10.2. The molecule has 1 atom stereocenters. The average molecular weight is 210 g/mol. The molecule has 0 aliphatic carbocycles. The van der Waals surface area contributed by atoms with Gasteiger partial charge in [0.25, 0.3) is 0 Å². The number of rotatable bonds is 3. The Bertz CT molecular complexity index is 317. The molecule has 0 spiro atoms. The molecule has 0 amide bonds. The molecule has 14 heavy (non-hydrogen) atoms. The quantitative estimate of drug-likeness (QED) is 0.822. The fraction of sp³-hybridized carbons (Fsp3) is 0.636. The molecule has 1 fully saturated rings. The van der Waals surface area contributed by atoms with Crippen molar-refractivity contribution in [1.82, 2.24) is 9.88 Å². The Hall–Kier alpha value is -0.410. The highest BCUT2D eigenvalue weighted by Gasteiger charge is 2.38. The Morgan fingerprint density at radius 1 is 1.64 bits per heavy atom. The molecule has 3 heteroatoms. The molecule has 1 aromatic rings. The molecule has 78 valence electrons. The van der Waals surface area contributed by atoms with Crippen molar-refractivity contribution in [2.24, 2.45) is 7.05 Å². The lowest BCUT2D eigenvalue weighted by atomic mass is 10.0. The van der Waals surface area contributed by atoms with Gasteiger partial charge in [0.2, 0.25) is 0 Å². The van der Waals surface area contributed by atoms with Gasteiger partial charge in [-0.15, -0.1) is 0 Å². The molecule has 2 rings (SSSR count). The molecule has 1 aliphatic heterocycles. The molecule has 1 saturated heterocycles. The molecule has 0 radical (unpaired) electrons. The fourth-order valence-electron chi connectivity index (χ4n) is 1.71. The summed E-state index contributed by atoms with van der Waals surface area (Å²) in [6.45, 7) is 5.60. The number of nitrogens with zero attached hydrogens (tertiary/aromatic N) is 1. The lowest BCUT2D eigenvalue weighted by Gasteiger charge is -2.44. The van der Waals surface area contributed by atoms with Crippen LogP contribution in [0, 0.1) is 0 Å². The van der Waals surface area contributed by atoms with Gasteiger partial charge >= 0.3 is 0 Å². The number of aryl methyl sites for hydroxylation is 1. The second kappa shape index (κ2) is 3.63. The van der Waals surface area contributed by atoms with Crippen molar-refractivity contribution >= 4 is 11.8 Å². The van der Waals surface area contributed by atoms with Crippen molar-refractivity contribution in [2.75, 3.05) is 5.75 Å². The van der Waals surface area contributed by atoms with Crippen LogP contribution < -0.4 is 5.32 Å². The van der Waals surface area contributed by atoms with E-state index in [0.717, 1.165) is 6.54 Å². The smallest absolute Gasteiger partial charge is 0.0362 e. The molecule has 2 nitrogen and oxygen atoms in total. The minimum Gasteiger partial charge on any atom is -0.353 e. The Kier molecular flexibility index (Phi) is 2.62. The standard InChI is InChI=1S/C11H18N2S/c1-11(2)10(8-14-11)12-7-9-5-4-6-13(9)3/h4-6,10,12H,7-8H2,1-3H3. The van der Waals surface area contributed by atoms with Crippen molar-refractivity contribution in [3.63, 3.8) is 0 Å². The summed E-state index contributed by atoms with van der Waals surface area (Å²) in [6, 6.07) is 4.94. The molecule has 1 N–H and O–H groups in total. The molecule has 0 bridgehead atoms. The van der Waals surface area contributed by atoms with E-state index >= 15 is 0 Å². The van der Waals surface area contributed by atoms with Gasteiger partial charge in [-0.25, -0.2) is 0 Å². The summed E-state index contributed by atoms with van der Waals surface area (Å²) in [5.74, 6) is 1.25. The Morgan fingerprint density at radius 2 is 2.43 bits per heavy atom. The molecule has 1 aromatic heterocycles. The second-order valence-corrected chi connectivity index (χ2v) is 6.13. The van der Waals surface area contributed by atoms with Gasteiger partial charge in [-0.2, -0.15) is 11.8 Å². The molecular weight excluding hydrogens is 192 g/mol. The highest BCUT2D eigenvalue weighted by molar-refractivity contribution is 8.02. The van der Waals surface area contributed by atoms with Crippen molar-refractivity contribution in [1.29, 1.82) is 0 Å². The van der Waals surface area contributed by atoms with Gasteiger partial charge < -0.3 is 9.88 Å². The highest BCUT2D eigenvalue weighted by atomic mass is 32.2. The zero-order valence-electron chi connectivity index (χ0n) is 9.08. The normalized spacial score (nSPS) is 24.6. The van der Waals surface area contributed by atoms with Gasteiger partial charge in [0, 0.05) is 42.0 Å². The monoisotopic (exact) mass is 210 g/mol. The second-order valence-electron chi connectivity index (χ2n) is 4.46. The molecule has 2 heterocycles. The van der Waals surface area contributed by atoms with Crippen molar-refractivity contribution < 1.29 is 0 Å². The summed E-state index contributed by atoms with van der Waals surface area (Å²) in [7, 11) is 2.09. The third-order valence-corrected chi connectivity index (χ3v) is 4.57. The van der Waals surface area contributed by atoms with Crippen LogP contribution in [0.25, 0.3) is 0 Å². The first kappa shape index (κ1) is 10.1. The lowest BCUT2D eigenvalue weighted by molar-refractivity contribution is 0.430. The maximum absolute atomic E-state index is 3.61. The van der Waals surface area contributed by atoms with Crippen LogP contribution in [0.3, 0.4) is 0 Å². The summed E-state index contributed by atoms with van der Waals surface area (Å²) in [4.78, 5) is 0. The van der Waals surface area contributed by atoms with Gasteiger partial charge in [-0.05, 0) is 26.0 Å². The first-order chi connectivity index (χ1) is 6.59. The average Bonchev–Trinajstić information content (AvgIpc) is 2.50. The minimum absolute atomic E-state index is 0.422. The predicted octanol–water partition coefficient (Wildman–Crippen LogP) is 2.01. The molecule has 1 aliphatic rings. The minimum atomic E-state index is 0.422. The van der Waals surface area contributed by atoms with Gasteiger partial charge in [0.05, 0.1) is 0 Å². The maximum Gasteiger partial charge on any atom is 0.0362 e. The number of hydrogen-bond donors (Lipinski definition) is 1. The van der Waals surface area contributed by atoms with Crippen LogP contribution in [0.2, 0.25) is 0 Å². The van der Waals surface area contributed by atoms with E-state index in [0.29, 0.717) is 10.8 Å². The van der Waals surface area contributed by atoms with E-state index in [4.69, 9.17) is 0 Å². The Morgan fingerprint density at radius 3 is 2.86 bits per heavy atom. The molecule has 0 saturated carbocycles. The van der Waals surface area contributed by atoms with E-state index in [1.807, 2.05) is 11.8 Å². The van der Waals surface area contributed by atoms with Crippen molar-refractivity contribution in [3.8, 4) is 0 Å². The topological polar surface area (TPSA) is 17.0 Å². The van der Waals surface area contributed by atoms with Gasteiger partial charge in [-0.1, -0.05) is 0 Å². The number of thioether (sulfide) groups is 1. The molecule has 0 aromatic carbocycles. The van der Waals surface area contributed by atoms with Crippen LogP contribution >= 0.6 is 11.8 Å². The maximum atomic E-state index is 3.61. The third kappa shape index (κ3) is 1.84. The van der Waals surface area contributed by atoms with Crippen LogP contribution in [0.5, 0.6) is 0 Å². The first-order valence-electron chi connectivity index (χ1n) is 5.07. The number of hydrogen-bond acceptors (Lipinski definition) is 2. The SMILES string of the molecule is Cn1cccc1CNC1CSC1(C)C. The van der Waals surface area contributed by atoms with Crippen LogP contribution in [0.4, 0.5) is 0 Å². The predicted molar refractivity (Wildman–Crippen MR) is 62.6 cm³/mol. The van der Waals surface area contributed by atoms with Crippen molar-refractivity contribution in [3.05, 3.63) is 24.0 Å². The van der Waals surface area contributed by atoms with E-state index in [9.17, 15) is 0 Å². The first-order valence-corrected chi connectivity index (χ1v) is 6.06. The van der Waals surface area contributed by atoms with Gasteiger partial charge in [-0.3, -0.25) is 0 Å². The zero-order valence-corrected chi connectivity index (χ0v) is 9.90. The van der Waals surface area contributed by atoms with E-state index in [2.05, 4.69) is 49.1 Å². The van der Waals surface area contributed by atoms with Gasteiger partial charge in [0.1, 0.15) is 0 Å². The van der Waals surface area contributed by atoms with Crippen LogP contribution in [0.1, 0.15) is 19.5 Å². The summed E-state index contributed by atoms with van der Waals surface area (Å²) in [5, 5.41) is 3.61. The largest absolute Gasteiger partial charge is 0.353 e. The summed E-state index contributed by atoms with van der Waals surface area (Å²) in [6.07, 6.45) is 2.09. The Balaban J connectivity index is 1.87. The third-order valence-electron chi connectivity index (χ3n) is 3.04. The van der Waals surface area contributed by atoms with Crippen LogP contribution in [-0.2, 0) is 13.6 Å². The molecular formula is C11H18N2S. The summed E-state index contributed by atoms with van der Waals surface area (Å²) in [5.41, 5.74) is 1.36.